The van der Waals surface area contributed by atoms with Crippen molar-refractivity contribution in [1.82, 2.24) is 4.98 Å². The van der Waals surface area contributed by atoms with Gasteiger partial charge in [-0.05, 0) is 36.8 Å². The van der Waals surface area contributed by atoms with E-state index in [9.17, 15) is 14.5 Å². The Balaban J connectivity index is 1.99. The normalized spacial score (nSPS) is 12.1. The molecule has 0 aliphatic heterocycles. The first kappa shape index (κ1) is 14.9. The molecule has 1 aromatic heterocycles. The van der Waals surface area contributed by atoms with Gasteiger partial charge in [-0.25, -0.2) is 4.39 Å². The van der Waals surface area contributed by atoms with Crippen molar-refractivity contribution in [2.24, 2.45) is 0 Å². The molecule has 0 fully saturated rings. The minimum Gasteiger partial charge on any atom is -0.378 e. The Morgan fingerprint density at radius 2 is 1.87 bits per heavy atom. The second kappa shape index (κ2) is 6.00. The fourth-order valence-corrected chi connectivity index (χ4v) is 2.53. The third-order valence-electron chi connectivity index (χ3n) is 3.73. The number of nitrogens with zero attached hydrogens (tertiary/aromatic N) is 2. The van der Waals surface area contributed by atoms with E-state index in [0.717, 1.165) is 16.6 Å². The lowest BCUT2D eigenvalue weighted by Crippen LogP contribution is -2.07. The molecule has 6 heteroatoms. The molecule has 1 N–H and O–H groups in total. The third kappa shape index (κ3) is 2.96. The number of halogens is 1. The molecule has 0 unspecified atom stereocenters. The predicted molar refractivity (Wildman–Crippen MR) is 86.8 cm³/mol. The number of rotatable bonds is 4. The Morgan fingerprint density at radius 1 is 1.13 bits per heavy atom. The number of fused-ring (bicyclic) bond motifs is 1. The van der Waals surface area contributed by atoms with Gasteiger partial charge in [0, 0.05) is 35.6 Å². The Hall–Kier alpha value is -3.02. The fourth-order valence-electron chi connectivity index (χ4n) is 2.53. The molecule has 5 nitrogen and oxygen atoms in total. The predicted octanol–water partition coefficient (Wildman–Crippen LogP) is 4.46. The van der Waals surface area contributed by atoms with Gasteiger partial charge in [-0.2, -0.15) is 0 Å². The molecule has 3 aromatic rings. The monoisotopic (exact) mass is 311 g/mol. The Morgan fingerprint density at radius 3 is 2.57 bits per heavy atom. The highest BCUT2D eigenvalue weighted by atomic mass is 19.1. The molecule has 0 bridgehead atoms. The molecular weight excluding hydrogens is 297 g/mol. The van der Waals surface area contributed by atoms with Gasteiger partial charge in [-0.3, -0.25) is 15.1 Å². The highest BCUT2D eigenvalue weighted by molar-refractivity contribution is 5.99. The van der Waals surface area contributed by atoms with E-state index in [2.05, 4.69) is 10.3 Å². The van der Waals surface area contributed by atoms with E-state index in [-0.39, 0.29) is 17.5 Å². The van der Waals surface area contributed by atoms with Crippen LogP contribution in [0.5, 0.6) is 0 Å². The van der Waals surface area contributed by atoms with Crippen LogP contribution in [-0.4, -0.2) is 9.91 Å². The van der Waals surface area contributed by atoms with Crippen LogP contribution in [0.1, 0.15) is 18.5 Å². The lowest BCUT2D eigenvalue weighted by Gasteiger charge is -2.17. The maximum Gasteiger partial charge on any atom is 0.278 e. The molecule has 0 radical (unpaired) electrons. The first-order valence-corrected chi connectivity index (χ1v) is 7.09. The summed E-state index contributed by atoms with van der Waals surface area (Å²) in [5, 5.41) is 15.6. The summed E-state index contributed by atoms with van der Waals surface area (Å²) in [4.78, 5) is 14.7. The summed E-state index contributed by atoms with van der Waals surface area (Å²) in [7, 11) is 0. The number of benzene rings is 2. The van der Waals surface area contributed by atoms with Crippen LogP contribution >= 0.6 is 0 Å². The number of hydrogen-bond donors (Lipinski definition) is 1. The molecular formula is C17H14FN3O2. The van der Waals surface area contributed by atoms with Crippen molar-refractivity contribution < 1.29 is 9.31 Å². The van der Waals surface area contributed by atoms with Crippen LogP contribution in [0.3, 0.4) is 0 Å². The van der Waals surface area contributed by atoms with Gasteiger partial charge >= 0.3 is 0 Å². The van der Waals surface area contributed by atoms with Crippen molar-refractivity contribution >= 4 is 22.1 Å². The number of nitro benzene ring substituents is 1. The van der Waals surface area contributed by atoms with E-state index in [1.165, 1.54) is 24.4 Å². The minimum atomic E-state index is -0.419. The molecule has 2 aromatic carbocycles. The molecule has 1 heterocycles. The van der Waals surface area contributed by atoms with Crippen molar-refractivity contribution in [3.8, 4) is 0 Å². The van der Waals surface area contributed by atoms with E-state index in [1.807, 2.05) is 6.92 Å². The standard InChI is InChI=1S/C17H14FN3O2/c1-11(12-2-4-13(18)5-3-12)20-16-6-7-17(21(22)23)15-10-19-9-8-14(15)16/h2-11,20H,1H3/t11-/m0/s1. The van der Waals surface area contributed by atoms with Crippen molar-refractivity contribution in [3.05, 3.63) is 76.4 Å². The molecule has 116 valence electrons. The van der Waals surface area contributed by atoms with Gasteiger partial charge in [-0.1, -0.05) is 12.1 Å². The lowest BCUT2D eigenvalue weighted by atomic mass is 10.1. The van der Waals surface area contributed by atoms with Crippen LogP contribution in [0.2, 0.25) is 0 Å². The number of aromatic nitrogens is 1. The highest BCUT2D eigenvalue weighted by Gasteiger charge is 2.15. The summed E-state index contributed by atoms with van der Waals surface area (Å²) in [5.74, 6) is -0.284. The lowest BCUT2D eigenvalue weighted by molar-refractivity contribution is -0.383. The van der Waals surface area contributed by atoms with Crippen LogP contribution < -0.4 is 5.32 Å². The van der Waals surface area contributed by atoms with E-state index in [4.69, 9.17) is 0 Å². The van der Waals surface area contributed by atoms with Gasteiger partial charge in [0.15, 0.2) is 0 Å². The van der Waals surface area contributed by atoms with Crippen LogP contribution in [0.4, 0.5) is 15.8 Å². The van der Waals surface area contributed by atoms with E-state index >= 15 is 0 Å². The zero-order valence-electron chi connectivity index (χ0n) is 12.4. The van der Waals surface area contributed by atoms with Gasteiger partial charge in [-0.15, -0.1) is 0 Å². The number of non-ortho nitro benzene ring substituents is 1. The summed E-state index contributed by atoms with van der Waals surface area (Å²) < 4.78 is 13.0. The molecule has 0 amide bonds. The molecule has 1 atom stereocenters. The Bertz CT molecular complexity index is 865. The van der Waals surface area contributed by atoms with Crippen LogP contribution in [0.25, 0.3) is 10.8 Å². The molecule has 0 saturated carbocycles. The van der Waals surface area contributed by atoms with Crippen molar-refractivity contribution in [3.63, 3.8) is 0 Å². The topological polar surface area (TPSA) is 68.1 Å². The summed E-state index contributed by atoms with van der Waals surface area (Å²) in [6.07, 6.45) is 3.08. The Labute approximate surface area is 131 Å². The fraction of sp³-hybridized carbons (Fsp3) is 0.118. The number of hydrogen-bond acceptors (Lipinski definition) is 4. The summed E-state index contributed by atoms with van der Waals surface area (Å²) >= 11 is 0. The van der Waals surface area contributed by atoms with Crippen LogP contribution in [0.15, 0.2) is 54.9 Å². The third-order valence-corrected chi connectivity index (χ3v) is 3.73. The van der Waals surface area contributed by atoms with E-state index < -0.39 is 4.92 Å². The van der Waals surface area contributed by atoms with Crippen LogP contribution in [0, 0.1) is 15.9 Å². The van der Waals surface area contributed by atoms with Gasteiger partial charge < -0.3 is 5.32 Å². The largest absolute Gasteiger partial charge is 0.378 e. The summed E-state index contributed by atoms with van der Waals surface area (Å²) in [6.45, 7) is 1.95. The highest BCUT2D eigenvalue weighted by Crippen LogP contribution is 2.32. The number of pyridine rings is 1. The second-order valence-corrected chi connectivity index (χ2v) is 5.23. The SMILES string of the molecule is C[C@H](Nc1ccc([N+](=O)[O-])c2cnccc12)c1ccc(F)cc1. The average molecular weight is 311 g/mol. The molecule has 0 aliphatic rings. The van der Waals surface area contributed by atoms with Crippen molar-refractivity contribution in [2.75, 3.05) is 5.32 Å². The van der Waals surface area contributed by atoms with Crippen molar-refractivity contribution in [2.45, 2.75) is 13.0 Å². The molecule has 3 rings (SSSR count). The smallest absolute Gasteiger partial charge is 0.278 e. The maximum atomic E-state index is 13.0. The molecule has 23 heavy (non-hydrogen) atoms. The first-order chi connectivity index (χ1) is 11.1. The van der Waals surface area contributed by atoms with E-state index in [0.29, 0.717) is 5.39 Å². The first-order valence-electron chi connectivity index (χ1n) is 7.09. The number of nitro groups is 1. The zero-order chi connectivity index (χ0) is 16.4. The minimum absolute atomic E-state index is 0.0214. The van der Waals surface area contributed by atoms with Gasteiger partial charge in [0.2, 0.25) is 0 Å². The van der Waals surface area contributed by atoms with Crippen LogP contribution in [-0.2, 0) is 0 Å². The summed E-state index contributed by atoms with van der Waals surface area (Å²) in [6, 6.07) is 11.0. The van der Waals surface area contributed by atoms with Gasteiger partial charge in [0.05, 0.1) is 10.3 Å². The molecule has 0 saturated heterocycles. The molecule has 0 spiro atoms. The quantitative estimate of drug-likeness (QED) is 0.570. The number of nitrogens with one attached hydrogen (secondary N) is 1. The second-order valence-electron chi connectivity index (χ2n) is 5.23. The van der Waals surface area contributed by atoms with Gasteiger partial charge in [0.25, 0.3) is 5.69 Å². The number of anilines is 1. The zero-order valence-corrected chi connectivity index (χ0v) is 12.4. The molecule has 0 aliphatic carbocycles. The average Bonchev–Trinajstić information content (AvgIpc) is 2.55. The van der Waals surface area contributed by atoms with Gasteiger partial charge in [0.1, 0.15) is 5.82 Å². The maximum absolute atomic E-state index is 13.0. The summed E-state index contributed by atoms with van der Waals surface area (Å²) in [5.41, 5.74) is 1.71. The van der Waals surface area contributed by atoms with E-state index in [1.54, 1.807) is 30.5 Å². The van der Waals surface area contributed by atoms with Crippen molar-refractivity contribution in [1.29, 1.82) is 0 Å². The Kier molecular flexibility index (Phi) is 3.89.